The number of fused-ring (bicyclic) bond motifs is 4. The molecule has 13 nitrogen and oxygen atoms in total. The van der Waals surface area contributed by atoms with Crippen LogP contribution in [-0.4, -0.2) is 71.1 Å². The third-order valence-corrected chi connectivity index (χ3v) is 11.7. The summed E-state index contributed by atoms with van der Waals surface area (Å²) in [7, 11) is 0. The first-order chi connectivity index (χ1) is 28.1. The van der Waals surface area contributed by atoms with Crippen LogP contribution in [0.15, 0.2) is 54.9 Å². The molecule has 0 aliphatic carbocycles. The maximum Gasteiger partial charge on any atom is 0.446 e. The van der Waals surface area contributed by atoms with Crippen LogP contribution in [0.4, 0.5) is 18.0 Å². The summed E-state index contributed by atoms with van der Waals surface area (Å²) in [6.45, 7) is 8.68. The Morgan fingerprint density at radius 3 is 1.76 bits per heavy atom. The zero-order valence-electron chi connectivity index (χ0n) is 34.2. The first-order valence-corrected chi connectivity index (χ1v) is 20.8. The van der Waals surface area contributed by atoms with Crippen LogP contribution in [0.25, 0.3) is 21.8 Å². The highest BCUT2D eigenvalue weighted by Crippen LogP contribution is 2.40. The molecule has 2 atom stereocenters. The molecule has 4 aliphatic heterocycles. The molecule has 4 aromatic rings. The fourth-order valence-corrected chi connectivity index (χ4v) is 8.67. The number of likely N-dealkylation sites (tertiary alicyclic amines) is 1. The molecule has 2 fully saturated rings. The zero-order chi connectivity index (χ0) is 44.2. The number of nitrogens with zero attached hydrogens (tertiary/aromatic N) is 5. The first kappa shape index (κ1) is 44.1. The smallest absolute Gasteiger partial charge is 0.443 e. The van der Waals surface area contributed by atoms with Crippen molar-refractivity contribution in [2.45, 2.75) is 135 Å². The number of nitrogens with one attached hydrogen (secondary N) is 1. The topological polar surface area (TPSA) is 163 Å². The second-order valence-corrected chi connectivity index (χ2v) is 17.5. The van der Waals surface area contributed by atoms with Gasteiger partial charge in [0.05, 0.1) is 27.3 Å². The molecule has 2 spiro atoms. The first-order valence-electron chi connectivity index (χ1n) is 19.9. The van der Waals surface area contributed by atoms with Gasteiger partial charge in [0.1, 0.15) is 17.2 Å². The number of alkyl halides is 3. The summed E-state index contributed by atoms with van der Waals surface area (Å²) in [6, 6.07) is 11.0. The largest absolute Gasteiger partial charge is 0.446 e. The molecule has 8 rings (SSSR count). The molecule has 318 valence electrons. The molecule has 3 amide bonds. The summed E-state index contributed by atoms with van der Waals surface area (Å²) in [5, 5.41) is 4.34. The fraction of sp³-hybridized carbons (Fsp3) is 0.512. The van der Waals surface area contributed by atoms with Gasteiger partial charge in [-0.15, -0.1) is 0 Å². The van der Waals surface area contributed by atoms with E-state index in [0.29, 0.717) is 80.6 Å². The average molecular weight is 954 g/mol. The summed E-state index contributed by atoms with van der Waals surface area (Å²) < 4.78 is 48.2. The monoisotopic (exact) mass is 951 g/mol. The molecule has 6 heterocycles. The maximum atomic E-state index is 13.0. The molecule has 2 aromatic carbocycles. The van der Waals surface area contributed by atoms with Gasteiger partial charge in [-0.1, -0.05) is 45.7 Å². The number of rotatable bonds is 0. The van der Waals surface area contributed by atoms with Crippen molar-refractivity contribution in [2.75, 3.05) is 0 Å². The van der Waals surface area contributed by atoms with Crippen molar-refractivity contribution in [3.8, 4) is 0 Å². The minimum Gasteiger partial charge on any atom is -0.443 e. The van der Waals surface area contributed by atoms with Gasteiger partial charge >= 0.3 is 12.3 Å². The number of ether oxygens (including phenoxy) is 1. The third-order valence-electron chi connectivity index (χ3n) is 10.7. The molecule has 2 saturated heterocycles. The van der Waals surface area contributed by atoms with Crippen molar-refractivity contribution in [1.29, 1.82) is 0 Å². The lowest BCUT2D eigenvalue weighted by Gasteiger charge is -2.37. The van der Waals surface area contributed by atoms with Gasteiger partial charge in [0.2, 0.25) is 18.1 Å². The number of hydrogen-bond donors (Lipinski definition) is 1. The number of amides is 3. The Morgan fingerprint density at radius 2 is 1.29 bits per heavy atom. The van der Waals surface area contributed by atoms with Gasteiger partial charge in [-0.05, 0) is 95.7 Å². The Hall–Kier alpha value is -4.45. The molecular formula is C41H47Br2F3N6O7. The molecule has 0 saturated carbocycles. The highest BCUT2D eigenvalue weighted by Gasteiger charge is 2.50. The van der Waals surface area contributed by atoms with Crippen molar-refractivity contribution in [3.05, 3.63) is 77.7 Å². The van der Waals surface area contributed by atoms with Gasteiger partial charge in [-0.2, -0.15) is 13.2 Å². The number of benzene rings is 2. The van der Waals surface area contributed by atoms with E-state index in [9.17, 15) is 37.1 Å². The van der Waals surface area contributed by atoms with Crippen LogP contribution in [0.1, 0.15) is 99.0 Å². The lowest BCUT2D eigenvalue weighted by Crippen LogP contribution is -2.51. The summed E-state index contributed by atoms with van der Waals surface area (Å²) in [5.74, 6) is 1.44. The number of aromatic nitrogens is 4. The number of carbonyl (C=O) groups excluding carboxylic acids is 4. The maximum absolute atomic E-state index is 13.0. The minimum absolute atomic E-state index is 0.0221. The minimum atomic E-state index is -4.64. The summed E-state index contributed by atoms with van der Waals surface area (Å²) in [6.07, 6.45) is 0.0348. The lowest BCUT2D eigenvalue weighted by atomic mass is 9.87. The van der Waals surface area contributed by atoms with E-state index in [-0.39, 0.29) is 28.5 Å². The summed E-state index contributed by atoms with van der Waals surface area (Å²) in [4.78, 5) is 82.2. The van der Waals surface area contributed by atoms with Crippen LogP contribution in [0.3, 0.4) is 0 Å². The Bertz CT molecular complexity index is 2420. The van der Waals surface area contributed by atoms with Crippen molar-refractivity contribution >= 4 is 77.9 Å². The molecular weight excluding hydrogens is 905 g/mol. The van der Waals surface area contributed by atoms with Crippen LogP contribution in [0.2, 0.25) is 0 Å². The van der Waals surface area contributed by atoms with E-state index in [1.54, 1.807) is 42.9 Å². The average Bonchev–Trinajstić information content (AvgIpc) is 3.56. The molecule has 4 aliphatic rings. The molecule has 2 unspecified atom stereocenters. The Kier molecular flexibility index (Phi) is 13.5. The number of aldehydes is 1. The second-order valence-electron chi connectivity index (χ2n) is 15.7. The van der Waals surface area contributed by atoms with Crippen LogP contribution >= 0.6 is 31.9 Å². The summed E-state index contributed by atoms with van der Waals surface area (Å²) in [5.41, 5.74) is -0.138. The molecule has 1 N–H and O–H groups in total. The SMILES string of the molecule is CC(C)(C)OC(=O)N1C(=O)CCC12CCc1nc3cc(Br)ccc3c(=O)n1CC2.O=C1CCC2(CCc3nc4cc(Br)ccc4c(=O)n3CC2)N1.O=CC(F)(F)F.[2H]CC. The number of carbonyl (C=O) groups is 4. The predicted molar refractivity (Wildman–Crippen MR) is 222 cm³/mol. The molecule has 2 aromatic heterocycles. The van der Waals surface area contributed by atoms with Crippen LogP contribution < -0.4 is 16.4 Å². The Labute approximate surface area is 356 Å². The highest BCUT2D eigenvalue weighted by molar-refractivity contribution is 9.10. The van der Waals surface area contributed by atoms with Gasteiger partial charge in [0.15, 0.2) is 0 Å². The van der Waals surface area contributed by atoms with E-state index in [2.05, 4.69) is 37.2 Å². The number of aryl methyl sites for hydroxylation is 2. The van der Waals surface area contributed by atoms with Gasteiger partial charge in [0.25, 0.3) is 11.1 Å². The second kappa shape index (κ2) is 18.0. The molecule has 18 heteroatoms. The summed E-state index contributed by atoms with van der Waals surface area (Å²) >= 11 is 6.85. The van der Waals surface area contributed by atoms with Crippen molar-refractivity contribution < 1.29 is 38.5 Å². The number of imide groups is 1. The quantitative estimate of drug-likeness (QED) is 0.174. The molecule has 59 heavy (non-hydrogen) atoms. The standard InChI is InChI=1S/C21H24BrN3O4.C16H16BrN3O2.C2HF3O.C2H6/c1-20(2,3)29-19(28)25-17(26)7-9-21(25)8-6-16-23-15-12-13(22)4-5-14(15)18(27)24(16)11-10-21;17-10-1-2-11-12(9-10)18-13-3-5-16(6-4-14(21)19-16)7-8-20(13)15(11)22;3-2(4,5)1-6;1-2/h4-5,12H,6-11H2,1-3H3;1-2,9H,3-8H2,(H,19,21);1H;1-2H3/i;;;1D. The van der Waals surface area contributed by atoms with Crippen molar-refractivity contribution in [2.24, 2.45) is 0 Å². The van der Waals surface area contributed by atoms with E-state index in [1.165, 1.54) is 4.90 Å². The normalized spacial score (nSPS) is 21.4. The number of halogens is 5. The van der Waals surface area contributed by atoms with E-state index in [4.69, 9.17) is 20.9 Å². The van der Waals surface area contributed by atoms with Gasteiger partial charge in [-0.3, -0.25) is 33.1 Å². The zero-order valence-corrected chi connectivity index (χ0v) is 36.4. The highest BCUT2D eigenvalue weighted by atomic mass is 79.9. The number of hydrogen-bond acceptors (Lipinski definition) is 9. The van der Waals surface area contributed by atoms with E-state index < -0.39 is 29.7 Å². The lowest BCUT2D eigenvalue weighted by molar-refractivity contribution is -0.156. The predicted octanol–water partition coefficient (Wildman–Crippen LogP) is 7.71. The Morgan fingerprint density at radius 1 is 0.814 bits per heavy atom. The van der Waals surface area contributed by atoms with E-state index >= 15 is 0 Å². The van der Waals surface area contributed by atoms with Crippen molar-refractivity contribution in [3.63, 3.8) is 0 Å². The van der Waals surface area contributed by atoms with Gasteiger partial charge in [0, 0.05) is 54.6 Å². The fourth-order valence-electron chi connectivity index (χ4n) is 7.97. The van der Waals surface area contributed by atoms with Crippen LogP contribution in [0.5, 0.6) is 0 Å². The van der Waals surface area contributed by atoms with Gasteiger partial charge < -0.3 is 10.1 Å². The van der Waals surface area contributed by atoms with Crippen molar-refractivity contribution in [1.82, 2.24) is 29.3 Å². The van der Waals surface area contributed by atoms with E-state index in [1.807, 2.05) is 30.3 Å². The molecule has 0 bridgehead atoms. The van der Waals surface area contributed by atoms with Gasteiger partial charge in [-0.25, -0.2) is 19.7 Å². The third kappa shape index (κ3) is 10.5. The Balaban J connectivity index is 0.000000194. The van der Waals surface area contributed by atoms with E-state index in [0.717, 1.165) is 46.0 Å². The van der Waals surface area contributed by atoms with Crippen LogP contribution in [-0.2, 0) is 45.1 Å². The van der Waals surface area contributed by atoms with Crippen LogP contribution in [0, 0.1) is 0 Å². The molecule has 0 radical (unpaired) electrons.